The number of H-pyrrole nitrogens is 1. The van der Waals surface area contributed by atoms with Crippen LogP contribution in [0.5, 0.6) is 5.75 Å². The van der Waals surface area contributed by atoms with Crippen LogP contribution in [-0.4, -0.2) is 27.7 Å². The predicted molar refractivity (Wildman–Crippen MR) is 130 cm³/mol. The van der Waals surface area contributed by atoms with Crippen molar-refractivity contribution >= 4 is 28.8 Å². The quantitative estimate of drug-likeness (QED) is 0.306. The second-order valence-corrected chi connectivity index (χ2v) is 8.05. The number of halogens is 3. The summed E-state index contributed by atoms with van der Waals surface area (Å²) in [5, 5.41) is 12.5. The third kappa shape index (κ3) is 5.22. The highest BCUT2D eigenvalue weighted by molar-refractivity contribution is 5.98. The lowest BCUT2D eigenvalue weighted by Crippen LogP contribution is -2.09. The molecule has 0 atom stereocenters. The molecule has 0 radical (unpaired) electrons. The molecule has 3 N–H and O–H groups in total. The Hall–Kier alpha value is -4.60. The van der Waals surface area contributed by atoms with Gasteiger partial charge in [0.15, 0.2) is 5.82 Å². The van der Waals surface area contributed by atoms with Crippen molar-refractivity contribution in [2.24, 2.45) is 0 Å². The number of rotatable bonds is 6. The molecular weight excluding hydrogens is 471 g/mol. The maximum absolute atomic E-state index is 12.9. The van der Waals surface area contributed by atoms with Gasteiger partial charge in [0.25, 0.3) is 0 Å². The summed E-state index contributed by atoms with van der Waals surface area (Å²) in [6.45, 7) is 0.290. The topological polar surface area (TPSA) is 91.9 Å². The number of benzene rings is 3. The summed E-state index contributed by atoms with van der Waals surface area (Å²) in [7, 11) is 0. The number of aromatic nitrogens is 3. The molecule has 1 amide bonds. The van der Waals surface area contributed by atoms with E-state index in [4.69, 9.17) is 4.74 Å². The molecule has 10 heteroatoms. The molecule has 3 aromatic carbocycles. The fourth-order valence-corrected chi connectivity index (χ4v) is 3.76. The van der Waals surface area contributed by atoms with Gasteiger partial charge >= 0.3 is 6.18 Å². The summed E-state index contributed by atoms with van der Waals surface area (Å²) >= 11 is 0. The summed E-state index contributed by atoms with van der Waals surface area (Å²) in [4.78, 5) is 16.2. The number of anilines is 3. The van der Waals surface area contributed by atoms with Gasteiger partial charge in [0.2, 0.25) is 11.9 Å². The van der Waals surface area contributed by atoms with Gasteiger partial charge in [-0.3, -0.25) is 9.89 Å². The van der Waals surface area contributed by atoms with E-state index in [2.05, 4.69) is 25.8 Å². The van der Waals surface area contributed by atoms with Gasteiger partial charge in [-0.2, -0.15) is 18.2 Å². The van der Waals surface area contributed by atoms with Gasteiger partial charge in [0.1, 0.15) is 12.4 Å². The molecule has 2 heterocycles. The third-order valence-electron chi connectivity index (χ3n) is 5.53. The highest BCUT2D eigenvalue weighted by atomic mass is 19.4. The van der Waals surface area contributed by atoms with Crippen LogP contribution in [0.25, 0.3) is 17.0 Å². The minimum Gasteiger partial charge on any atom is -0.489 e. The van der Waals surface area contributed by atoms with Crippen molar-refractivity contribution in [1.82, 2.24) is 15.2 Å². The third-order valence-corrected chi connectivity index (χ3v) is 5.53. The Kier molecular flexibility index (Phi) is 6.16. The molecule has 36 heavy (non-hydrogen) atoms. The molecular formula is C26H20F3N5O2. The van der Waals surface area contributed by atoms with Crippen LogP contribution in [0.2, 0.25) is 0 Å². The molecule has 0 spiro atoms. The SMILES string of the molecule is O=C1CC=C(COc2ccc(-c3nc(Nc4cccc(C(F)(F)F)c4)n[nH]3)cc2)c2ccccc2N1. The van der Waals surface area contributed by atoms with Crippen LogP contribution >= 0.6 is 0 Å². The molecule has 0 bridgehead atoms. The van der Waals surface area contributed by atoms with Gasteiger partial charge in [0, 0.05) is 28.9 Å². The number of ether oxygens (including phenoxy) is 1. The molecule has 182 valence electrons. The maximum atomic E-state index is 12.9. The van der Waals surface area contributed by atoms with Crippen LogP contribution in [-0.2, 0) is 11.0 Å². The number of carbonyl (C=O) groups excluding carboxylic acids is 1. The zero-order chi connectivity index (χ0) is 25.1. The van der Waals surface area contributed by atoms with Crippen LogP contribution in [0.4, 0.5) is 30.5 Å². The van der Waals surface area contributed by atoms with Crippen molar-refractivity contribution in [3.63, 3.8) is 0 Å². The minimum absolute atomic E-state index is 0.0734. The fraction of sp³-hybridized carbons (Fsp3) is 0.115. The first-order valence-corrected chi connectivity index (χ1v) is 11.0. The Morgan fingerprint density at radius 1 is 1.00 bits per heavy atom. The first-order valence-electron chi connectivity index (χ1n) is 11.0. The lowest BCUT2D eigenvalue weighted by molar-refractivity contribution is -0.137. The summed E-state index contributed by atoms with van der Waals surface area (Å²) in [5.74, 6) is 1.14. The van der Waals surface area contributed by atoms with E-state index in [-0.39, 0.29) is 24.0 Å². The van der Waals surface area contributed by atoms with Gasteiger partial charge in [-0.1, -0.05) is 30.3 Å². The Bertz CT molecular complexity index is 1430. The van der Waals surface area contributed by atoms with E-state index in [0.29, 0.717) is 18.2 Å². The van der Waals surface area contributed by atoms with E-state index in [0.717, 1.165) is 34.5 Å². The molecule has 0 saturated heterocycles. The summed E-state index contributed by atoms with van der Waals surface area (Å²) in [6.07, 6.45) is -2.30. The Balaban J connectivity index is 1.24. The van der Waals surface area contributed by atoms with E-state index < -0.39 is 11.7 Å². The van der Waals surface area contributed by atoms with E-state index >= 15 is 0 Å². The monoisotopic (exact) mass is 491 g/mol. The Labute approximate surface area is 204 Å². The average molecular weight is 491 g/mol. The van der Waals surface area contributed by atoms with Crippen molar-refractivity contribution in [2.45, 2.75) is 12.6 Å². The minimum atomic E-state index is -4.43. The second-order valence-electron chi connectivity index (χ2n) is 8.05. The molecule has 0 saturated carbocycles. The van der Waals surface area contributed by atoms with E-state index in [1.54, 1.807) is 24.3 Å². The van der Waals surface area contributed by atoms with Gasteiger partial charge in [0.05, 0.1) is 5.56 Å². The van der Waals surface area contributed by atoms with Crippen molar-refractivity contribution in [3.05, 3.63) is 90.0 Å². The number of nitrogens with one attached hydrogen (secondary N) is 3. The lowest BCUT2D eigenvalue weighted by atomic mass is 10.0. The molecule has 1 aliphatic rings. The van der Waals surface area contributed by atoms with Crippen LogP contribution in [0.3, 0.4) is 0 Å². The molecule has 5 rings (SSSR count). The van der Waals surface area contributed by atoms with E-state index in [9.17, 15) is 18.0 Å². The normalized spacial score (nSPS) is 13.3. The van der Waals surface area contributed by atoms with Crippen LogP contribution < -0.4 is 15.4 Å². The number of aromatic amines is 1. The van der Waals surface area contributed by atoms with Crippen molar-refractivity contribution in [2.75, 3.05) is 17.2 Å². The number of hydrogen-bond donors (Lipinski definition) is 3. The van der Waals surface area contributed by atoms with Crippen molar-refractivity contribution in [1.29, 1.82) is 0 Å². The number of amides is 1. The summed E-state index contributed by atoms with van der Waals surface area (Å²) in [6, 6.07) is 19.5. The van der Waals surface area contributed by atoms with Crippen molar-refractivity contribution < 1.29 is 22.7 Å². The van der Waals surface area contributed by atoms with Gasteiger partial charge < -0.3 is 15.4 Å². The lowest BCUT2D eigenvalue weighted by Gasteiger charge is -2.12. The molecule has 0 aliphatic carbocycles. The van der Waals surface area contributed by atoms with E-state index in [1.165, 1.54) is 12.1 Å². The molecule has 0 fully saturated rings. The largest absolute Gasteiger partial charge is 0.489 e. The van der Waals surface area contributed by atoms with E-state index in [1.807, 2.05) is 30.3 Å². The number of alkyl halides is 3. The smallest absolute Gasteiger partial charge is 0.416 e. The highest BCUT2D eigenvalue weighted by Gasteiger charge is 2.30. The van der Waals surface area contributed by atoms with Gasteiger partial charge in [-0.15, -0.1) is 5.10 Å². The van der Waals surface area contributed by atoms with Crippen LogP contribution in [0.1, 0.15) is 17.5 Å². The number of nitrogens with zero attached hydrogens (tertiary/aromatic N) is 2. The van der Waals surface area contributed by atoms with Gasteiger partial charge in [-0.05, 0) is 54.1 Å². The number of para-hydroxylation sites is 1. The molecule has 1 aliphatic heterocycles. The van der Waals surface area contributed by atoms with Crippen LogP contribution in [0, 0.1) is 0 Å². The molecule has 4 aromatic rings. The second kappa shape index (κ2) is 9.57. The Morgan fingerprint density at radius 3 is 2.61 bits per heavy atom. The molecule has 1 aromatic heterocycles. The zero-order valence-corrected chi connectivity index (χ0v) is 18.8. The maximum Gasteiger partial charge on any atom is 0.416 e. The number of fused-ring (bicyclic) bond motifs is 1. The highest BCUT2D eigenvalue weighted by Crippen LogP contribution is 2.32. The standard InChI is InChI=1S/C26H20F3N5O2/c27-26(28,29)18-4-3-5-19(14-18)30-25-32-24(33-34-25)16-8-11-20(12-9-16)36-15-17-10-13-23(35)31-22-7-2-1-6-21(17)22/h1-12,14H,13,15H2,(H,31,35)(H2,30,32,33,34). The first kappa shape index (κ1) is 23.2. The summed E-state index contributed by atoms with van der Waals surface area (Å²) < 4.78 is 44.7. The zero-order valence-electron chi connectivity index (χ0n) is 18.8. The Morgan fingerprint density at radius 2 is 1.81 bits per heavy atom. The number of carbonyl (C=O) groups is 1. The van der Waals surface area contributed by atoms with Crippen molar-refractivity contribution in [3.8, 4) is 17.1 Å². The summed E-state index contributed by atoms with van der Waals surface area (Å²) in [5.41, 5.74) is 2.78. The molecule has 7 nitrogen and oxygen atoms in total. The number of hydrogen-bond acceptors (Lipinski definition) is 5. The molecule has 0 unspecified atom stereocenters. The average Bonchev–Trinajstić information content (AvgIpc) is 3.26. The first-order chi connectivity index (χ1) is 17.3. The van der Waals surface area contributed by atoms with Gasteiger partial charge in [-0.25, -0.2) is 0 Å². The predicted octanol–water partition coefficient (Wildman–Crippen LogP) is 6.04. The van der Waals surface area contributed by atoms with Crippen LogP contribution in [0.15, 0.2) is 78.9 Å². The fourth-order valence-electron chi connectivity index (χ4n) is 3.76.